The molecule has 1 fully saturated rings. The Morgan fingerprint density at radius 3 is 2.79 bits per heavy atom. The highest BCUT2D eigenvalue weighted by Crippen LogP contribution is 2.25. The summed E-state index contributed by atoms with van der Waals surface area (Å²) in [5, 5.41) is 3.41. The van der Waals surface area contributed by atoms with Gasteiger partial charge in [-0.1, -0.05) is 26.7 Å². The first-order chi connectivity index (χ1) is 9.13. The van der Waals surface area contributed by atoms with Crippen LogP contribution in [0.5, 0.6) is 0 Å². The quantitative estimate of drug-likeness (QED) is 0.818. The second-order valence-electron chi connectivity index (χ2n) is 6.30. The molecule has 1 aliphatic rings. The highest BCUT2D eigenvalue weighted by Gasteiger charge is 2.17. The van der Waals surface area contributed by atoms with Crippen LogP contribution in [0.4, 0.5) is 0 Å². The maximum atomic E-state index is 5.65. The van der Waals surface area contributed by atoms with E-state index in [1.165, 1.54) is 37.8 Å². The molecular formula is C16H28N2O. The Morgan fingerprint density at radius 1 is 1.37 bits per heavy atom. The van der Waals surface area contributed by atoms with Gasteiger partial charge in [0.05, 0.1) is 12.8 Å². The van der Waals surface area contributed by atoms with Crippen LogP contribution in [0.15, 0.2) is 16.7 Å². The van der Waals surface area contributed by atoms with Gasteiger partial charge in [-0.3, -0.25) is 4.90 Å². The zero-order valence-electron chi connectivity index (χ0n) is 12.6. The number of nitrogens with zero attached hydrogens (tertiary/aromatic N) is 1. The lowest BCUT2D eigenvalue weighted by Crippen LogP contribution is -2.24. The van der Waals surface area contributed by atoms with Crippen molar-refractivity contribution in [2.75, 3.05) is 13.6 Å². The third-order valence-corrected chi connectivity index (χ3v) is 3.89. The monoisotopic (exact) mass is 264 g/mol. The second kappa shape index (κ2) is 7.11. The first-order valence-electron chi connectivity index (χ1n) is 7.61. The first-order valence-corrected chi connectivity index (χ1v) is 7.61. The summed E-state index contributed by atoms with van der Waals surface area (Å²) in [5.41, 5.74) is 1.25. The van der Waals surface area contributed by atoms with Gasteiger partial charge in [0.15, 0.2) is 0 Å². The maximum absolute atomic E-state index is 5.65. The molecule has 0 atom stereocenters. The highest BCUT2D eigenvalue weighted by molar-refractivity contribution is 5.12. The van der Waals surface area contributed by atoms with Crippen molar-refractivity contribution in [3.63, 3.8) is 0 Å². The van der Waals surface area contributed by atoms with Crippen molar-refractivity contribution in [2.45, 2.75) is 58.7 Å². The second-order valence-corrected chi connectivity index (χ2v) is 6.30. The van der Waals surface area contributed by atoms with E-state index < -0.39 is 0 Å². The Morgan fingerprint density at radius 2 is 2.11 bits per heavy atom. The summed E-state index contributed by atoms with van der Waals surface area (Å²) in [4.78, 5) is 2.40. The van der Waals surface area contributed by atoms with Crippen LogP contribution in [0.1, 0.15) is 50.9 Å². The molecule has 0 unspecified atom stereocenters. The molecule has 1 N–H and O–H groups in total. The minimum Gasteiger partial charge on any atom is -0.468 e. The number of hydrogen-bond acceptors (Lipinski definition) is 3. The van der Waals surface area contributed by atoms with E-state index in [0.29, 0.717) is 6.04 Å². The molecule has 3 nitrogen and oxygen atoms in total. The van der Waals surface area contributed by atoms with Crippen LogP contribution in [0.2, 0.25) is 0 Å². The molecule has 2 rings (SSSR count). The standard InChI is InChI=1S/C16H28N2O/c1-13(2)17-9-15-8-16(19-12-15)11-18(3)10-14-6-4-5-7-14/h8,12-14,17H,4-7,9-11H2,1-3H3. The third kappa shape index (κ3) is 5.00. The Bertz CT molecular complexity index is 367. The Balaban J connectivity index is 1.75. The summed E-state index contributed by atoms with van der Waals surface area (Å²) < 4.78 is 5.65. The average molecular weight is 264 g/mol. The average Bonchev–Trinajstić information content (AvgIpc) is 2.98. The van der Waals surface area contributed by atoms with Crippen LogP contribution < -0.4 is 5.32 Å². The maximum Gasteiger partial charge on any atom is 0.118 e. The van der Waals surface area contributed by atoms with E-state index in [-0.39, 0.29) is 0 Å². The molecule has 1 heterocycles. The van der Waals surface area contributed by atoms with Gasteiger partial charge in [0.25, 0.3) is 0 Å². The van der Waals surface area contributed by atoms with Crippen LogP contribution in [-0.2, 0) is 13.1 Å². The number of hydrogen-bond donors (Lipinski definition) is 1. The molecule has 0 bridgehead atoms. The topological polar surface area (TPSA) is 28.4 Å². The lowest BCUT2D eigenvalue weighted by atomic mass is 10.1. The lowest BCUT2D eigenvalue weighted by Gasteiger charge is -2.19. The minimum absolute atomic E-state index is 0.517. The van der Waals surface area contributed by atoms with E-state index in [2.05, 4.69) is 37.2 Å². The van der Waals surface area contributed by atoms with E-state index in [0.717, 1.165) is 24.8 Å². The van der Waals surface area contributed by atoms with Gasteiger partial charge in [0.1, 0.15) is 5.76 Å². The van der Waals surface area contributed by atoms with Gasteiger partial charge < -0.3 is 9.73 Å². The van der Waals surface area contributed by atoms with Crippen molar-refractivity contribution in [1.82, 2.24) is 10.2 Å². The number of furan rings is 1. The van der Waals surface area contributed by atoms with Crippen LogP contribution in [0.3, 0.4) is 0 Å². The van der Waals surface area contributed by atoms with Crippen LogP contribution in [-0.4, -0.2) is 24.5 Å². The van der Waals surface area contributed by atoms with Crippen LogP contribution in [0.25, 0.3) is 0 Å². The van der Waals surface area contributed by atoms with Gasteiger partial charge in [-0.2, -0.15) is 0 Å². The van der Waals surface area contributed by atoms with Crippen molar-refractivity contribution >= 4 is 0 Å². The van der Waals surface area contributed by atoms with E-state index in [1.807, 2.05) is 6.26 Å². The van der Waals surface area contributed by atoms with Crippen LogP contribution >= 0.6 is 0 Å². The first kappa shape index (κ1) is 14.6. The summed E-state index contributed by atoms with van der Waals surface area (Å²) in [6, 6.07) is 2.70. The SMILES string of the molecule is CC(C)NCc1coc(CN(C)CC2CCCC2)c1. The van der Waals surface area contributed by atoms with Gasteiger partial charge in [-0.05, 0) is 31.9 Å². The predicted octanol–water partition coefficient (Wildman–Crippen LogP) is 3.40. The van der Waals surface area contributed by atoms with E-state index in [9.17, 15) is 0 Å². The Hall–Kier alpha value is -0.800. The molecule has 0 amide bonds. The molecular weight excluding hydrogens is 236 g/mol. The molecule has 0 spiro atoms. The fraction of sp³-hybridized carbons (Fsp3) is 0.750. The molecule has 1 saturated carbocycles. The molecule has 0 saturated heterocycles. The summed E-state index contributed by atoms with van der Waals surface area (Å²) in [7, 11) is 2.20. The molecule has 0 aromatic carbocycles. The van der Waals surface area contributed by atoms with Crippen molar-refractivity contribution in [3.05, 3.63) is 23.7 Å². The predicted molar refractivity (Wildman–Crippen MR) is 79.0 cm³/mol. The fourth-order valence-electron chi connectivity index (χ4n) is 2.89. The van der Waals surface area contributed by atoms with E-state index in [1.54, 1.807) is 0 Å². The highest BCUT2D eigenvalue weighted by atomic mass is 16.3. The zero-order valence-corrected chi connectivity index (χ0v) is 12.6. The molecule has 1 aromatic rings. The lowest BCUT2D eigenvalue weighted by molar-refractivity contribution is 0.251. The third-order valence-electron chi connectivity index (χ3n) is 3.89. The van der Waals surface area contributed by atoms with Crippen molar-refractivity contribution in [3.8, 4) is 0 Å². The Labute approximate surface area is 117 Å². The molecule has 3 heteroatoms. The van der Waals surface area contributed by atoms with Crippen LogP contribution in [0, 0.1) is 5.92 Å². The molecule has 0 aliphatic heterocycles. The van der Waals surface area contributed by atoms with Gasteiger partial charge in [0.2, 0.25) is 0 Å². The number of rotatable bonds is 7. The molecule has 19 heavy (non-hydrogen) atoms. The largest absolute Gasteiger partial charge is 0.468 e. The van der Waals surface area contributed by atoms with Crippen molar-refractivity contribution in [2.24, 2.45) is 5.92 Å². The Kier molecular flexibility index (Phi) is 5.46. The van der Waals surface area contributed by atoms with E-state index >= 15 is 0 Å². The minimum atomic E-state index is 0.517. The smallest absolute Gasteiger partial charge is 0.118 e. The van der Waals surface area contributed by atoms with Gasteiger partial charge in [0, 0.05) is 24.7 Å². The summed E-state index contributed by atoms with van der Waals surface area (Å²) in [6.07, 6.45) is 7.54. The molecule has 0 radical (unpaired) electrons. The molecule has 1 aromatic heterocycles. The van der Waals surface area contributed by atoms with E-state index in [4.69, 9.17) is 4.42 Å². The summed E-state index contributed by atoms with van der Waals surface area (Å²) in [6.45, 7) is 7.36. The fourth-order valence-corrected chi connectivity index (χ4v) is 2.89. The molecule has 1 aliphatic carbocycles. The van der Waals surface area contributed by atoms with Crippen molar-refractivity contribution < 1.29 is 4.42 Å². The normalized spacial score (nSPS) is 16.9. The summed E-state index contributed by atoms with van der Waals surface area (Å²) >= 11 is 0. The van der Waals surface area contributed by atoms with Gasteiger partial charge in [-0.25, -0.2) is 0 Å². The zero-order chi connectivity index (χ0) is 13.7. The van der Waals surface area contributed by atoms with Gasteiger partial charge in [-0.15, -0.1) is 0 Å². The van der Waals surface area contributed by atoms with Gasteiger partial charge >= 0.3 is 0 Å². The number of nitrogens with one attached hydrogen (secondary N) is 1. The summed E-state index contributed by atoms with van der Waals surface area (Å²) in [5.74, 6) is 1.99. The van der Waals surface area contributed by atoms with Crippen molar-refractivity contribution in [1.29, 1.82) is 0 Å². The molecule has 108 valence electrons.